The molecule has 1 atom stereocenters. The molecule has 0 radical (unpaired) electrons. The molecule has 0 bridgehead atoms. The van der Waals surface area contributed by atoms with Crippen LogP contribution in [0.5, 0.6) is 0 Å². The minimum atomic E-state index is -0.163. The monoisotopic (exact) mass is 400 g/mol. The Kier molecular flexibility index (Phi) is 7.33. The summed E-state index contributed by atoms with van der Waals surface area (Å²) in [5.74, 6) is 2.12. The third kappa shape index (κ3) is 5.83. The molecule has 1 aliphatic rings. The van der Waals surface area contributed by atoms with Gasteiger partial charge in [0.15, 0.2) is 5.82 Å². The van der Waals surface area contributed by atoms with E-state index < -0.39 is 0 Å². The number of fused-ring (bicyclic) bond motifs is 1. The van der Waals surface area contributed by atoms with Crippen LogP contribution >= 0.6 is 0 Å². The Hall–Kier alpha value is -2.32. The maximum absolute atomic E-state index is 12.1. The highest BCUT2D eigenvalue weighted by atomic mass is 16.5. The zero-order valence-electron chi connectivity index (χ0n) is 17.9. The highest BCUT2D eigenvalue weighted by Crippen LogP contribution is 2.22. The molecule has 3 rings (SSSR count). The summed E-state index contributed by atoms with van der Waals surface area (Å²) in [6.45, 7) is 9.80. The van der Waals surface area contributed by atoms with Crippen molar-refractivity contribution in [2.24, 2.45) is 5.92 Å². The maximum atomic E-state index is 12.1. The Labute approximate surface area is 172 Å². The zero-order valence-corrected chi connectivity index (χ0v) is 17.9. The molecule has 1 aliphatic heterocycles. The molecule has 2 aromatic heterocycles. The van der Waals surface area contributed by atoms with Gasteiger partial charge in [-0.3, -0.25) is 14.7 Å². The van der Waals surface area contributed by atoms with Crippen LogP contribution in [0.4, 0.5) is 0 Å². The Morgan fingerprint density at radius 2 is 2.07 bits per heavy atom. The second-order valence-electron chi connectivity index (χ2n) is 8.11. The predicted molar refractivity (Wildman–Crippen MR) is 110 cm³/mol. The molecule has 1 N–H and O–H groups in total. The van der Waals surface area contributed by atoms with Crippen LogP contribution in [0.15, 0.2) is 18.2 Å². The number of hydrogen-bond donors (Lipinski definition) is 1. The van der Waals surface area contributed by atoms with Crippen LogP contribution in [0.1, 0.15) is 49.3 Å². The molecule has 0 fully saturated rings. The Bertz CT molecular complexity index is 819. The molecule has 158 valence electrons. The number of methoxy groups -OCH3 is 1. The van der Waals surface area contributed by atoms with Crippen LogP contribution in [0.3, 0.4) is 0 Å². The molecule has 8 heteroatoms. The fraction of sp³-hybridized carbons (Fsp3) is 0.619. The molecule has 8 nitrogen and oxygen atoms in total. The molecule has 29 heavy (non-hydrogen) atoms. The van der Waals surface area contributed by atoms with Crippen LogP contribution in [0, 0.1) is 12.8 Å². The van der Waals surface area contributed by atoms with Crippen molar-refractivity contribution >= 4 is 5.91 Å². The summed E-state index contributed by atoms with van der Waals surface area (Å²) < 4.78 is 7.16. The van der Waals surface area contributed by atoms with E-state index in [1.165, 1.54) is 7.11 Å². The largest absolute Gasteiger partial charge is 0.375 e. The minimum Gasteiger partial charge on any atom is -0.375 e. The van der Waals surface area contributed by atoms with Gasteiger partial charge in [-0.25, -0.2) is 0 Å². The van der Waals surface area contributed by atoms with Gasteiger partial charge in [0.25, 0.3) is 0 Å². The van der Waals surface area contributed by atoms with E-state index in [1.54, 1.807) is 0 Å². The standard InChI is InChI=1S/C21H32N6O2/c1-15(2)12-18(23-20(28)14-29-4)21-25-24-19-8-9-26(10-11-27(19)21)13-17-7-5-6-16(3)22-17/h5-7,15,18H,8-14H2,1-4H3,(H,23,28)/t18-/m1/s1. The van der Waals surface area contributed by atoms with Crippen molar-refractivity contribution in [2.75, 3.05) is 26.8 Å². The average Bonchev–Trinajstić information content (AvgIpc) is 2.96. The van der Waals surface area contributed by atoms with Gasteiger partial charge in [0.05, 0.1) is 11.7 Å². The third-order valence-corrected chi connectivity index (χ3v) is 5.11. The van der Waals surface area contributed by atoms with Crippen molar-refractivity contribution in [3.63, 3.8) is 0 Å². The van der Waals surface area contributed by atoms with E-state index in [0.717, 1.165) is 62.1 Å². The smallest absolute Gasteiger partial charge is 0.246 e. The van der Waals surface area contributed by atoms with Gasteiger partial charge in [-0.15, -0.1) is 10.2 Å². The van der Waals surface area contributed by atoms with Crippen molar-refractivity contribution in [3.05, 3.63) is 41.2 Å². The van der Waals surface area contributed by atoms with Gasteiger partial charge in [-0.1, -0.05) is 19.9 Å². The molecule has 0 spiro atoms. The van der Waals surface area contributed by atoms with Gasteiger partial charge >= 0.3 is 0 Å². The van der Waals surface area contributed by atoms with Crippen molar-refractivity contribution in [3.8, 4) is 0 Å². The number of carbonyl (C=O) groups excluding carboxylic acids is 1. The van der Waals surface area contributed by atoms with E-state index in [1.807, 2.05) is 13.0 Å². The summed E-state index contributed by atoms with van der Waals surface area (Å²) in [6.07, 6.45) is 1.64. The number of hydrogen-bond acceptors (Lipinski definition) is 6. The summed E-state index contributed by atoms with van der Waals surface area (Å²) in [6, 6.07) is 5.99. The van der Waals surface area contributed by atoms with Crippen molar-refractivity contribution in [1.29, 1.82) is 0 Å². The molecule has 3 heterocycles. The molecule has 0 aliphatic carbocycles. The number of carbonyl (C=O) groups is 1. The van der Waals surface area contributed by atoms with Crippen LogP contribution in [-0.2, 0) is 29.0 Å². The summed E-state index contributed by atoms with van der Waals surface area (Å²) >= 11 is 0. The lowest BCUT2D eigenvalue weighted by Gasteiger charge is -2.22. The Morgan fingerprint density at radius 3 is 2.79 bits per heavy atom. The molecule has 1 amide bonds. The van der Waals surface area contributed by atoms with Crippen LogP contribution < -0.4 is 5.32 Å². The van der Waals surface area contributed by atoms with E-state index >= 15 is 0 Å². The van der Waals surface area contributed by atoms with Crippen LogP contribution in [0.2, 0.25) is 0 Å². The lowest BCUT2D eigenvalue weighted by molar-refractivity contribution is -0.125. The summed E-state index contributed by atoms with van der Waals surface area (Å²) in [5.41, 5.74) is 2.13. The van der Waals surface area contributed by atoms with Crippen LogP contribution in [-0.4, -0.2) is 57.4 Å². The van der Waals surface area contributed by atoms with Crippen LogP contribution in [0.25, 0.3) is 0 Å². The first-order valence-electron chi connectivity index (χ1n) is 10.3. The fourth-order valence-electron chi connectivity index (χ4n) is 3.79. The first-order chi connectivity index (χ1) is 14.0. The summed E-state index contributed by atoms with van der Waals surface area (Å²) in [4.78, 5) is 19.2. The quantitative estimate of drug-likeness (QED) is 0.728. The maximum Gasteiger partial charge on any atom is 0.246 e. The molecular formula is C21H32N6O2. The van der Waals surface area contributed by atoms with E-state index in [9.17, 15) is 4.79 Å². The number of pyridine rings is 1. The van der Waals surface area contributed by atoms with Crippen molar-refractivity contribution < 1.29 is 9.53 Å². The Balaban J connectivity index is 1.72. The minimum absolute atomic E-state index is 0.0485. The molecule has 0 saturated carbocycles. The number of aromatic nitrogens is 4. The van der Waals surface area contributed by atoms with Gasteiger partial charge in [0.1, 0.15) is 12.4 Å². The average molecular weight is 401 g/mol. The summed E-state index contributed by atoms with van der Waals surface area (Å²) in [7, 11) is 1.53. The first-order valence-corrected chi connectivity index (χ1v) is 10.3. The third-order valence-electron chi connectivity index (χ3n) is 5.11. The van der Waals surface area contributed by atoms with Gasteiger partial charge in [0.2, 0.25) is 5.91 Å². The van der Waals surface area contributed by atoms with Gasteiger partial charge in [-0.05, 0) is 31.4 Å². The number of ether oxygens (including phenoxy) is 1. The molecule has 0 saturated heterocycles. The zero-order chi connectivity index (χ0) is 20.8. The fourth-order valence-corrected chi connectivity index (χ4v) is 3.79. The van der Waals surface area contributed by atoms with Gasteiger partial charge in [-0.2, -0.15) is 0 Å². The van der Waals surface area contributed by atoms with E-state index in [0.29, 0.717) is 5.92 Å². The number of nitrogens with zero attached hydrogens (tertiary/aromatic N) is 5. The first kappa shape index (κ1) is 21.4. The highest BCUT2D eigenvalue weighted by Gasteiger charge is 2.26. The second kappa shape index (κ2) is 9.93. The molecular weight excluding hydrogens is 368 g/mol. The normalized spacial score (nSPS) is 15.8. The topological polar surface area (TPSA) is 85.2 Å². The lowest BCUT2D eigenvalue weighted by atomic mass is 10.0. The predicted octanol–water partition coefficient (Wildman–Crippen LogP) is 1.89. The lowest BCUT2D eigenvalue weighted by Crippen LogP contribution is -2.34. The number of aryl methyl sites for hydroxylation is 1. The van der Waals surface area contributed by atoms with E-state index in [-0.39, 0.29) is 18.6 Å². The summed E-state index contributed by atoms with van der Waals surface area (Å²) in [5, 5.41) is 12.0. The number of rotatable bonds is 8. The van der Waals surface area contributed by atoms with E-state index in [2.05, 4.69) is 55.9 Å². The molecule has 2 aromatic rings. The van der Waals surface area contributed by atoms with Gasteiger partial charge < -0.3 is 14.6 Å². The SMILES string of the molecule is COCC(=O)N[C@H](CC(C)C)c1nnc2n1CCN(Cc1cccc(C)n1)CC2. The Morgan fingerprint density at radius 1 is 1.24 bits per heavy atom. The molecule has 0 unspecified atom stereocenters. The second-order valence-corrected chi connectivity index (χ2v) is 8.11. The highest BCUT2D eigenvalue weighted by molar-refractivity contribution is 5.77. The number of nitrogens with one attached hydrogen (secondary N) is 1. The van der Waals surface area contributed by atoms with Gasteiger partial charge in [0, 0.05) is 45.4 Å². The van der Waals surface area contributed by atoms with E-state index in [4.69, 9.17) is 4.74 Å². The van der Waals surface area contributed by atoms with Crippen molar-refractivity contribution in [2.45, 2.75) is 52.7 Å². The molecule has 0 aromatic carbocycles. The number of amides is 1. The van der Waals surface area contributed by atoms with Crippen molar-refractivity contribution in [1.82, 2.24) is 30.0 Å².